The van der Waals surface area contributed by atoms with Crippen LogP contribution in [-0.4, -0.2) is 35.3 Å². The average molecular weight is 262 g/mol. The number of hydrogen-bond donors (Lipinski definition) is 1. The van der Waals surface area contributed by atoms with E-state index in [-0.39, 0.29) is 0 Å². The Morgan fingerprint density at radius 2 is 2.16 bits per heavy atom. The van der Waals surface area contributed by atoms with E-state index in [1.54, 1.807) is 14.2 Å². The van der Waals surface area contributed by atoms with Gasteiger partial charge in [-0.25, -0.2) is 0 Å². The lowest BCUT2D eigenvalue weighted by atomic mass is 10.1. The molecule has 3 heterocycles. The molecule has 1 unspecified atom stereocenters. The summed E-state index contributed by atoms with van der Waals surface area (Å²) in [7, 11) is 5.16. The first-order chi connectivity index (χ1) is 9.24. The highest BCUT2D eigenvalue weighted by Crippen LogP contribution is 2.35. The molecule has 1 atom stereocenters. The molecule has 1 fully saturated rings. The molecule has 6 nitrogen and oxygen atoms in total. The highest BCUT2D eigenvalue weighted by molar-refractivity contribution is 5.86. The van der Waals surface area contributed by atoms with Crippen LogP contribution in [0.15, 0.2) is 6.20 Å². The summed E-state index contributed by atoms with van der Waals surface area (Å²) >= 11 is 0. The molecule has 3 rings (SSSR count). The molecule has 0 spiro atoms. The zero-order chi connectivity index (χ0) is 13.4. The fourth-order valence-electron chi connectivity index (χ4n) is 2.71. The van der Waals surface area contributed by atoms with E-state index in [0.29, 0.717) is 17.9 Å². The number of aryl methyl sites for hydroxylation is 1. The van der Waals surface area contributed by atoms with E-state index in [4.69, 9.17) is 9.47 Å². The molecule has 102 valence electrons. The summed E-state index contributed by atoms with van der Waals surface area (Å²) < 4.78 is 12.5. The molecule has 2 aromatic heterocycles. The van der Waals surface area contributed by atoms with Gasteiger partial charge in [0.2, 0.25) is 5.88 Å². The highest BCUT2D eigenvalue weighted by atomic mass is 16.5. The quantitative estimate of drug-likeness (QED) is 0.906. The van der Waals surface area contributed by atoms with Crippen molar-refractivity contribution in [1.82, 2.24) is 19.9 Å². The summed E-state index contributed by atoms with van der Waals surface area (Å²) in [5.74, 6) is 0.575. The van der Waals surface area contributed by atoms with Gasteiger partial charge in [0.15, 0.2) is 5.65 Å². The first-order valence-electron chi connectivity index (χ1n) is 6.43. The number of methoxy groups -OCH3 is 2. The molecule has 1 aliphatic rings. The Morgan fingerprint density at radius 3 is 2.79 bits per heavy atom. The van der Waals surface area contributed by atoms with Gasteiger partial charge in [0.1, 0.15) is 0 Å². The monoisotopic (exact) mass is 262 g/mol. The van der Waals surface area contributed by atoms with Crippen LogP contribution in [0.2, 0.25) is 0 Å². The third-order valence-corrected chi connectivity index (χ3v) is 3.60. The van der Waals surface area contributed by atoms with Crippen LogP contribution in [0.25, 0.3) is 11.0 Å². The van der Waals surface area contributed by atoms with Crippen molar-refractivity contribution < 1.29 is 9.47 Å². The van der Waals surface area contributed by atoms with Crippen LogP contribution >= 0.6 is 0 Å². The summed E-state index contributed by atoms with van der Waals surface area (Å²) in [5, 5.41) is 4.48. The molecule has 0 bridgehead atoms. The molecule has 0 saturated carbocycles. The Bertz CT molecular complexity index is 602. The molecule has 0 radical (unpaired) electrons. The van der Waals surface area contributed by atoms with Gasteiger partial charge in [-0.3, -0.25) is 0 Å². The van der Waals surface area contributed by atoms with Crippen molar-refractivity contribution >= 4 is 11.0 Å². The molecule has 0 aromatic carbocycles. The number of aromatic nitrogens is 3. The Labute approximate surface area is 111 Å². The molecule has 1 N–H and O–H groups in total. The van der Waals surface area contributed by atoms with E-state index in [0.717, 1.165) is 24.0 Å². The lowest BCUT2D eigenvalue weighted by Gasteiger charge is -2.10. The van der Waals surface area contributed by atoms with Crippen molar-refractivity contribution in [2.75, 3.05) is 20.8 Å². The molecule has 0 amide bonds. The van der Waals surface area contributed by atoms with Crippen LogP contribution in [0, 0.1) is 0 Å². The van der Waals surface area contributed by atoms with Crippen molar-refractivity contribution in [2.45, 2.75) is 18.9 Å². The summed E-state index contributed by atoms with van der Waals surface area (Å²) in [4.78, 5) is 8.70. The maximum atomic E-state index is 5.41. The number of fused-ring (bicyclic) bond motifs is 1. The molecule has 1 aliphatic heterocycles. The number of nitrogens with zero attached hydrogens (tertiary/aromatic N) is 3. The summed E-state index contributed by atoms with van der Waals surface area (Å²) in [6.45, 7) is 1.06. The SMILES string of the molecule is COc1nc(OC)c2c(C3CCCN3)cn(C)c2n1. The Morgan fingerprint density at radius 1 is 1.32 bits per heavy atom. The van der Waals surface area contributed by atoms with E-state index in [1.165, 1.54) is 12.0 Å². The maximum absolute atomic E-state index is 5.41. The predicted octanol–water partition coefficient (Wildman–Crippen LogP) is 1.41. The Balaban J connectivity index is 2.23. The van der Waals surface area contributed by atoms with Crippen molar-refractivity contribution in [3.05, 3.63) is 11.8 Å². The van der Waals surface area contributed by atoms with Gasteiger partial charge < -0.3 is 19.4 Å². The van der Waals surface area contributed by atoms with Crippen LogP contribution in [0.5, 0.6) is 11.9 Å². The van der Waals surface area contributed by atoms with Crippen molar-refractivity contribution in [1.29, 1.82) is 0 Å². The molecule has 2 aromatic rings. The van der Waals surface area contributed by atoms with Crippen LogP contribution in [-0.2, 0) is 7.05 Å². The van der Waals surface area contributed by atoms with Crippen molar-refractivity contribution in [2.24, 2.45) is 7.05 Å². The fourth-order valence-corrected chi connectivity index (χ4v) is 2.71. The number of rotatable bonds is 3. The van der Waals surface area contributed by atoms with Crippen molar-refractivity contribution in [3.63, 3.8) is 0 Å². The largest absolute Gasteiger partial charge is 0.480 e. The first kappa shape index (κ1) is 12.2. The number of hydrogen-bond acceptors (Lipinski definition) is 5. The minimum absolute atomic E-state index is 0.330. The minimum Gasteiger partial charge on any atom is -0.480 e. The molecule has 19 heavy (non-hydrogen) atoms. The number of nitrogens with one attached hydrogen (secondary N) is 1. The minimum atomic E-state index is 0.330. The van der Waals surface area contributed by atoms with E-state index >= 15 is 0 Å². The normalized spacial score (nSPS) is 19.0. The molecule has 0 aliphatic carbocycles. The van der Waals surface area contributed by atoms with E-state index in [2.05, 4.69) is 21.5 Å². The topological polar surface area (TPSA) is 61.2 Å². The average Bonchev–Trinajstić information content (AvgIpc) is 3.06. The van der Waals surface area contributed by atoms with Gasteiger partial charge in [-0.15, -0.1) is 0 Å². The predicted molar refractivity (Wildman–Crippen MR) is 71.6 cm³/mol. The van der Waals surface area contributed by atoms with Crippen LogP contribution in [0.3, 0.4) is 0 Å². The second-order valence-electron chi connectivity index (χ2n) is 4.76. The molecular weight excluding hydrogens is 244 g/mol. The van der Waals surface area contributed by atoms with Gasteiger partial charge in [0.25, 0.3) is 0 Å². The maximum Gasteiger partial charge on any atom is 0.321 e. The van der Waals surface area contributed by atoms with E-state index < -0.39 is 0 Å². The molecule has 1 saturated heterocycles. The second kappa shape index (κ2) is 4.70. The van der Waals surface area contributed by atoms with Gasteiger partial charge in [-0.1, -0.05) is 0 Å². The Kier molecular flexibility index (Phi) is 3.02. The fraction of sp³-hybridized carbons (Fsp3) is 0.538. The zero-order valence-electron chi connectivity index (χ0n) is 11.4. The lowest BCUT2D eigenvalue weighted by molar-refractivity contribution is 0.356. The van der Waals surface area contributed by atoms with Crippen LogP contribution < -0.4 is 14.8 Å². The second-order valence-corrected chi connectivity index (χ2v) is 4.76. The van der Waals surface area contributed by atoms with Crippen LogP contribution in [0.1, 0.15) is 24.4 Å². The highest BCUT2D eigenvalue weighted by Gasteiger charge is 2.24. The van der Waals surface area contributed by atoms with Gasteiger partial charge >= 0.3 is 6.01 Å². The molecule has 6 heteroatoms. The summed E-state index contributed by atoms with van der Waals surface area (Å²) in [6, 6.07) is 0.686. The van der Waals surface area contributed by atoms with Gasteiger partial charge in [0.05, 0.1) is 19.6 Å². The van der Waals surface area contributed by atoms with Gasteiger partial charge in [-0.2, -0.15) is 9.97 Å². The first-order valence-corrected chi connectivity index (χ1v) is 6.43. The van der Waals surface area contributed by atoms with Crippen molar-refractivity contribution in [3.8, 4) is 11.9 Å². The molecular formula is C13H18N4O2. The third-order valence-electron chi connectivity index (χ3n) is 3.60. The lowest BCUT2D eigenvalue weighted by Crippen LogP contribution is -2.12. The van der Waals surface area contributed by atoms with E-state index in [1.807, 2.05) is 11.6 Å². The summed E-state index contributed by atoms with van der Waals surface area (Å²) in [6.07, 6.45) is 4.43. The van der Waals surface area contributed by atoms with Gasteiger partial charge in [-0.05, 0) is 19.4 Å². The number of ether oxygens (including phenoxy) is 2. The standard InChI is InChI=1S/C13H18N4O2/c1-17-7-8(9-5-4-6-14-9)10-11(17)15-13(19-3)16-12(10)18-2/h7,9,14H,4-6H2,1-3H3. The van der Waals surface area contributed by atoms with Crippen LogP contribution in [0.4, 0.5) is 0 Å². The van der Waals surface area contributed by atoms with Gasteiger partial charge in [0, 0.05) is 24.8 Å². The Hall–Kier alpha value is -1.82. The smallest absolute Gasteiger partial charge is 0.321 e. The summed E-state index contributed by atoms with van der Waals surface area (Å²) in [5.41, 5.74) is 2.04. The third kappa shape index (κ3) is 1.92. The zero-order valence-corrected chi connectivity index (χ0v) is 11.4. The van der Waals surface area contributed by atoms with E-state index in [9.17, 15) is 0 Å².